The summed E-state index contributed by atoms with van der Waals surface area (Å²) in [5, 5.41) is 9.33. The van der Waals surface area contributed by atoms with Crippen molar-refractivity contribution in [3.05, 3.63) is 41.8 Å². The standard InChI is InChI=1S/C16H16ClN5O/c17-11-3-1-4-12(7-11)22-16-14(9-21-22)15(19-10-20-16)18-8-13-5-2-6-23-13/h1,3-4,7,9-10,13H,2,5-6,8H2,(H,18,19,20)/t13-/m1/s1. The Balaban J connectivity index is 1.66. The molecule has 0 radical (unpaired) electrons. The highest BCUT2D eigenvalue weighted by atomic mass is 35.5. The highest BCUT2D eigenvalue weighted by Gasteiger charge is 2.17. The van der Waals surface area contributed by atoms with E-state index in [9.17, 15) is 0 Å². The molecule has 0 bridgehead atoms. The Kier molecular flexibility index (Phi) is 3.85. The van der Waals surface area contributed by atoms with Crippen LogP contribution in [0.25, 0.3) is 16.7 Å². The zero-order valence-corrected chi connectivity index (χ0v) is 13.2. The van der Waals surface area contributed by atoms with Crippen molar-refractivity contribution in [2.24, 2.45) is 0 Å². The molecule has 7 heteroatoms. The average Bonchev–Trinajstić information content (AvgIpc) is 3.22. The number of hydrogen-bond donors (Lipinski definition) is 1. The fraction of sp³-hybridized carbons (Fsp3) is 0.312. The van der Waals surface area contributed by atoms with Crippen LogP contribution >= 0.6 is 11.6 Å². The summed E-state index contributed by atoms with van der Waals surface area (Å²) in [4.78, 5) is 8.70. The maximum absolute atomic E-state index is 6.07. The van der Waals surface area contributed by atoms with Crippen LogP contribution in [0.4, 0.5) is 5.82 Å². The lowest BCUT2D eigenvalue weighted by Gasteiger charge is -2.11. The van der Waals surface area contributed by atoms with Gasteiger partial charge >= 0.3 is 0 Å². The fourth-order valence-corrected chi connectivity index (χ4v) is 2.98. The third-order valence-electron chi connectivity index (χ3n) is 3.94. The number of anilines is 1. The van der Waals surface area contributed by atoms with E-state index in [2.05, 4.69) is 20.4 Å². The van der Waals surface area contributed by atoms with E-state index < -0.39 is 0 Å². The maximum Gasteiger partial charge on any atom is 0.168 e. The third-order valence-corrected chi connectivity index (χ3v) is 4.17. The molecule has 0 aliphatic carbocycles. The molecule has 1 fully saturated rings. The molecule has 0 unspecified atom stereocenters. The van der Waals surface area contributed by atoms with Crippen LogP contribution < -0.4 is 5.32 Å². The number of halogens is 1. The normalized spacial score (nSPS) is 17.7. The van der Waals surface area contributed by atoms with E-state index in [0.29, 0.717) is 5.02 Å². The van der Waals surface area contributed by atoms with E-state index >= 15 is 0 Å². The van der Waals surface area contributed by atoms with Gasteiger partial charge in [-0.2, -0.15) is 5.10 Å². The Bertz CT molecular complexity index is 828. The predicted octanol–water partition coefficient (Wildman–Crippen LogP) is 3.06. The fourth-order valence-electron chi connectivity index (χ4n) is 2.80. The van der Waals surface area contributed by atoms with Crippen LogP contribution in [0.2, 0.25) is 5.02 Å². The minimum absolute atomic E-state index is 0.253. The molecule has 1 atom stereocenters. The molecule has 23 heavy (non-hydrogen) atoms. The van der Waals surface area contributed by atoms with E-state index in [0.717, 1.165) is 48.5 Å². The van der Waals surface area contributed by atoms with Gasteiger partial charge in [-0.3, -0.25) is 0 Å². The Morgan fingerprint density at radius 3 is 3.13 bits per heavy atom. The lowest BCUT2D eigenvalue weighted by molar-refractivity contribution is 0.120. The van der Waals surface area contributed by atoms with Crippen LogP contribution in [0.1, 0.15) is 12.8 Å². The van der Waals surface area contributed by atoms with E-state index in [1.54, 1.807) is 17.2 Å². The Morgan fingerprint density at radius 2 is 2.30 bits per heavy atom. The maximum atomic E-state index is 6.07. The van der Waals surface area contributed by atoms with Gasteiger partial charge in [-0.25, -0.2) is 14.6 Å². The molecular formula is C16H16ClN5O. The van der Waals surface area contributed by atoms with Gasteiger partial charge in [0, 0.05) is 18.2 Å². The van der Waals surface area contributed by atoms with Gasteiger partial charge in [0.2, 0.25) is 0 Å². The van der Waals surface area contributed by atoms with Crippen molar-refractivity contribution in [2.75, 3.05) is 18.5 Å². The number of rotatable bonds is 4. The van der Waals surface area contributed by atoms with Crippen molar-refractivity contribution in [1.29, 1.82) is 0 Å². The molecule has 118 valence electrons. The first-order valence-corrected chi connectivity index (χ1v) is 7.99. The van der Waals surface area contributed by atoms with Gasteiger partial charge in [-0.05, 0) is 31.0 Å². The van der Waals surface area contributed by atoms with Crippen molar-refractivity contribution < 1.29 is 4.74 Å². The van der Waals surface area contributed by atoms with Crippen LogP contribution in [-0.4, -0.2) is 39.0 Å². The average molecular weight is 330 g/mol. The van der Waals surface area contributed by atoms with Crippen LogP contribution in [-0.2, 0) is 4.74 Å². The highest BCUT2D eigenvalue weighted by molar-refractivity contribution is 6.30. The number of nitrogens with zero attached hydrogens (tertiary/aromatic N) is 4. The van der Waals surface area contributed by atoms with Crippen LogP contribution in [0, 0.1) is 0 Å². The van der Waals surface area contributed by atoms with Gasteiger partial charge in [0.15, 0.2) is 5.65 Å². The van der Waals surface area contributed by atoms with Crippen molar-refractivity contribution in [3.8, 4) is 5.69 Å². The Morgan fingerprint density at radius 1 is 1.35 bits per heavy atom. The summed E-state index contributed by atoms with van der Waals surface area (Å²) in [5.41, 5.74) is 1.62. The summed E-state index contributed by atoms with van der Waals surface area (Å²) in [6.07, 6.45) is 5.78. The summed E-state index contributed by atoms with van der Waals surface area (Å²) in [5.74, 6) is 0.777. The molecule has 1 saturated heterocycles. The summed E-state index contributed by atoms with van der Waals surface area (Å²) in [6, 6.07) is 7.53. The van der Waals surface area contributed by atoms with Crippen LogP contribution in [0.5, 0.6) is 0 Å². The van der Waals surface area contributed by atoms with Gasteiger partial charge in [0.05, 0.1) is 23.4 Å². The second-order valence-electron chi connectivity index (χ2n) is 5.51. The van der Waals surface area contributed by atoms with Gasteiger partial charge in [0.25, 0.3) is 0 Å². The SMILES string of the molecule is Clc1cccc(-n2ncc3c(NC[C@H]4CCCO4)ncnc32)c1. The topological polar surface area (TPSA) is 64.9 Å². The lowest BCUT2D eigenvalue weighted by Crippen LogP contribution is -2.19. The monoisotopic (exact) mass is 329 g/mol. The van der Waals surface area contributed by atoms with Gasteiger partial charge in [0.1, 0.15) is 12.1 Å². The minimum Gasteiger partial charge on any atom is -0.376 e. The summed E-state index contributed by atoms with van der Waals surface area (Å²) in [7, 11) is 0. The zero-order chi connectivity index (χ0) is 15.6. The summed E-state index contributed by atoms with van der Waals surface area (Å²) < 4.78 is 7.40. The zero-order valence-electron chi connectivity index (χ0n) is 12.4. The molecule has 3 aromatic rings. The van der Waals surface area contributed by atoms with E-state index in [4.69, 9.17) is 16.3 Å². The molecule has 1 aromatic carbocycles. The highest BCUT2D eigenvalue weighted by Crippen LogP contribution is 2.23. The van der Waals surface area contributed by atoms with Crippen LogP contribution in [0.3, 0.4) is 0 Å². The van der Waals surface area contributed by atoms with E-state index in [1.165, 1.54) is 0 Å². The molecule has 2 aromatic heterocycles. The second kappa shape index (κ2) is 6.14. The molecule has 1 aliphatic heterocycles. The smallest absolute Gasteiger partial charge is 0.168 e. The molecule has 1 N–H and O–H groups in total. The molecule has 0 spiro atoms. The second-order valence-corrected chi connectivity index (χ2v) is 5.95. The van der Waals surface area contributed by atoms with Gasteiger partial charge in [-0.1, -0.05) is 17.7 Å². The van der Waals surface area contributed by atoms with Crippen molar-refractivity contribution in [2.45, 2.75) is 18.9 Å². The van der Waals surface area contributed by atoms with Gasteiger partial charge in [-0.15, -0.1) is 0 Å². The number of hydrogen-bond acceptors (Lipinski definition) is 5. The number of fused-ring (bicyclic) bond motifs is 1. The minimum atomic E-state index is 0.253. The molecule has 1 aliphatic rings. The number of benzene rings is 1. The number of nitrogens with one attached hydrogen (secondary N) is 1. The van der Waals surface area contributed by atoms with Gasteiger partial charge < -0.3 is 10.1 Å². The Labute approximate surface area is 138 Å². The number of ether oxygens (including phenoxy) is 1. The van der Waals surface area contributed by atoms with Crippen molar-refractivity contribution in [3.63, 3.8) is 0 Å². The quantitative estimate of drug-likeness (QED) is 0.797. The number of aromatic nitrogens is 4. The summed E-state index contributed by atoms with van der Waals surface area (Å²) >= 11 is 6.07. The molecule has 3 heterocycles. The molecular weight excluding hydrogens is 314 g/mol. The predicted molar refractivity (Wildman–Crippen MR) is 89.1 cm³/mol. The molecule has 6 nitrogen and oxygen atoms in total. The Hall–Kier alpha value is -2.18. The molecule has 4 rings (SSSR count). The third kappa shape index (κ3) is 2.87. The first-order valence-electron chi connectivity index (χ1n) is 7.61. The van der Waals surface area contributed by atoms with Crippen LogP contribution in [0.15, 0.2) is 36.8 Å². The van der Waals surface area contributed by atoms with E-state index in [-0.39, 0.29) is 6.10 Å². The molecule has 0 saturated carbocycles. The largest absolute Gasteiger partial charge is 0.376 e. The van der Waals surface area contributed by atoms with Crippen molar-refractivity contribution >= 4 is 28.5 Å². The van der Waals surface area contributed by atoms with E-state index in [1.807, 2.05) is 24.3 Å². The summed E-state index contributed by atoms with van der Waals surface area (Å²) in [6.45, 7) is 1.59. The molecule has 0 amide bonds. The lowest BCUT2D eigenvalue weighted by atomic mass is 10.2. The first kappa shape index (κ1) is 14.4. The first-order chi connectivity index (χ1) is 11.3. The van der Waals surface area contributed by atoms with Crippen molar-refractivity contribution in [1.82, 2.24) is 19.7 Å².